The Morgan fingerprint density at radius 2 is 2.00 bits per heavy atom. The second-order valence-electron chi connectivity index (χ2n) is 5.71. The van der Waals surface area contributed by atoms with Crippen LogP contribution in [0, 0.1) is 0 Å². The Balaban J connectivity index is 1.41. The maximum Gasteiger partial charge on any atom is 0.270 e. The van der Waals surface area contributed by atoms with Crippen LogP contribution in [0.5, 0.6) is 11.5 Å². The van der Waals surface area contributed by atoms with Gasteiger partial charge in [-0.15, -0.1) is 0 Å². The first-order valence-corrected chi connectivity index (χ1v) is 8.12. The van der Waals surface area contributed by atoms with Crippen molar-refractivity contribution < 1.29 is 19.0 Å². The molecule has 1 fully saturated rings. The Kier molecular flexibility index (Phi) is 4.34. The zero-order valence-electron chi connectivity index (χ0n) is 13.6. The molecule has 1 aromatic heterocycles. The van der Waals surface area contributed by atoms with Crippen LogP contribution in [-0.4, -0.2) is 49.0 Å². The number of amides is 1. The van der Waals surface area contributed by atoms with E-state index in [9.17, 15) is 4.79 Å². The molecule has 0 bridgehead atoms. The molecular formula is C17H18N4O4. The van der Waals surface area contributed by atoms with Gasteiger partial charge in [-0.3, -0.25) is 4.79 Å². The van der Waals surface area contributed by atoms with Crippen LogP contribution in [0.4, 0.5) is 5.95 Å². The summed E-state index contributed by atoms with van der Waals surface area (Å²) in [5.74, 6) is 1.73. The highest BCUT2D eigenvalue weighted by Gasteiger charge is 2.17. The molecule has 0 atom stereocenters. The van der Waals surface area contributed by atoms with Gasteiger partial charge in [0.05, 0.1) is 13.2 Å². The number of ether oxygens (including phenoxy) is 3. The van der Waals surface area contributed by atoms with Gasteiger partial charge >= 0.3 is 0 Å². The molecule has 0 aliphatic carbocycles. The van der Waals surface area contributed by atoms with E-state index in [1.54, 1.807) is 12.3 Å². The summed E-state index contributed by atoms with van der Waals surface area (Å²) in [5.41, 5.74) is 1.28. The van der Waals surface area contributed by atoms with Crippen LogP contribution >= 0.6 is 0 Å². The lowest BCUT2D eigenvalue weighted by molar-refractivity contribution is 0.0945. The molecule has 1 aromatic carbocycles. The standard InChI is InChI=1S/C17H18N4O4/c22-16(19-10-12-1-2-14-15(9-12)25-11-24-14)13-3-4-18-17(20-13)21-5-7-23-8-6-21/h1-4,9H,5-8,10-11H2,(H,19,22). The number of carbonyl (C=O) groups excluding carboxylic acids is 1. The Hall–Kier alpha value is -2.87. The Bertz CT molecular complexity index is 777. The molecule has 2 aromatic rings. The lowest BCUT2D eigenvalue weighted by Crippen LogP contribution is -2.37. The smallest absolute Gasteiger partial charge is 0.270 e. The summed E-state index contributed by atoms with van der Waals surface area (Å²) in [7, 11) is 0. The highest BCUT2D eigenvalue weighted by molar-refractivity contribution is 5.92. The first-order valence-electron chi connectivity index (χ1n) is 8.12. The van der Waals surface area contributed by atoms with Crippen molar-refractivity contribution in [2.75, 3.05) is 38.0 Å². The van der Waals surface area contributed by atoms with E-state index < -0.39 is 0 Å². The number of aromatic nitrogens is 2. The fourth-order valence-corrected chi connectivity index (χ4v) is 2.71. The van der Waals surface area contributed by atoms with Crippen molar-refractivity contribution in [2.45, 2.75) is 6.54 Å². The average molecular weight is 342 g/mol. The van der Waals surface area contributed by atoms with Crippen LogP contribution < -0.4 is 19.7 Å². The van der Waals surface area contributed by atoms with Crippen LogP contribution in [0.2, 0.25) is 0 Å². The minimum atomic E-state index is -0.241. The predicted molar refractivity (Wildman–Crippen MR) is 88.8 cm³/mol. The third-order valence-corrected chi connectivity index (χ3v) is 4.06. The molecule has 3 heterocycles. The van der Waals surface area contributed by atoms with E-state index in [4.69, 9.17) is 14.2 Å². The highest BCUT2D eigenvalue weighted by atomic mass is 16.7. The average Bonchev–Trinajstić information content (AvgIpc) is 3.15. The topological polar surface area (TPSA) is 85.8 Å². The predicted octanol–water partition coefficient (Wildman–Crippen LogP) is 0.972. The van der Waals surface area contributed by atoms with Gasteiger partial charge in [-0.05, 0) is 23.8 Å². The van der Waals surface area contributed by atoms with Crippen molar-refractivity contribution in [2.24, 2.45) is 0 Å². The van der Waals surface area contributed by atoms with Gasteiger partial charge < -0.3 is 24.4 Å². The third-order valence-electron chi connectivity index (χ3n) is 4.06. The van der Waals surface area contributed by atoms with Crippen LogP contribution in [-0.2, 0) is 11.3 Å². The number of hydrogen-bond donors (Lipinski definition) is 1. The Morgan fingerprint density at radius 1 is 1.16 bits per heavy atom. The minimum absolute atomic E-state index is 0.233. The largest absolute Gasteiger partial charge is 0.454 e. The molecule has 0 saturated carbocycles. The highest BCUT2D eigenvalue weighted by Crippen LogP contribution is 2.32. The molecule has 4 rings (SSSR count). The lowest BCUT2D eigenvalue weighted by Gasteiger charge is -2.26. The molecule has 8 nitrogen and oxygen atoms in total. The molecule has 1 saturated heterocycles. The van der Waals surface area contributed by atoms with E-state index in [0.717, 1.165) is 24.4 Å². The first kappa shape index (κ1) is 15.6. The van der Waals surface area contributed by atoms with Gasteiger partial charge in [0.1, 0.15) is 5.69 Å². The number of rotatable bonds is 4. The van der Waals surface area contributed by atoms with Crippen molar-refractivity contribution in [3.05, 3.63) is 41.7 Å². The van der Waals surface area contributed by atoms with E-state index in [-0.39, 0.29) is 12.7 Å². The second kappa shape index (κ2) is 6.94. The SMILES string of the molecule is O=C(NCc1ccc2c(c1)OCO2)c1ccnc(N2CCOCC2)n1. The van der Waals surface area contributed by atoms with Crippen molar-refractivity contribution in [3.8, 4) is 11.5 Å². The van der Waals surface area contributed by atoms with Crippen LogP contribution in [0.25, 0.3) is 0 Å². The van der Waals surface area contributed by atoms with Crippen molar-refractivity contribution >= 4 is 11.9 Å². The number of fused-ring (bicyclic) bond motifs is 1. The van der Waals surface area contributed by atoms with E-state index in [1.165, 1.54) is 0 Å². The minimum Gasteiger partial charge on any atom is -0.454 e. The zero-order valence-corrected chi connectivity index (χ0v) is 13.6. The molecule has 2 aliphatic rings. The monoisotopic (exact) mass is 342 g/mol. The Labute approximate surface area is 144 Å². The lowest BCUT2D eigenvalue weighted by atomic mass is 10.2. The molecular weight excluding hydrogens is 324 g/mol. The summed E-state index contributed by atoms with van der Waals surface area (Å²) >= 11 is 0. The van der Waals surface area contributed by atoms with Crippen molar-refractivity contribution in [1.29, 1.82) is 0 Å². The van der Waals surface area contributed by atoms with Crippen LogP contribution in [0.15, 0.2) is 30.5 Å². The fraction of sp³-hybridized carbons (Fsp3) is 0.353. The number of nitrogens with zero attached hydrogens (tertiary/aromatic N) is 3. The molecule has 130 valence electrons. The quantitative estimate of drug-likeness (QED) is 0.886. The van der Waals surface area contributed by atoms with Gasteiger partial charge in [0.25, 0.3) is 5.91 Å². The summed E-state index contributed by atoms with van der Waals surface area (Å²) in [6, 6.07) is 7.21. The summed E-state index contributed by atoms with van der Waals surface area (Å²) < 4.78 is 15.9. The van der Waals surface area contributed by atoms with Gasteiger partial charge in [0.15, 0.2) is 11.5 Å². The number of hydrogen-bond acceptors (Lipinski definition) is 7. The van der Waals surface area contributed by atoms with E-state index >= 15 is 0 Å². The van der Waals surface area contributed by atoms with E-state index in [2.05, 4.69) is 15.3 Å². The van der Waals surface area contributed by atoms with Gasteiger partial charge in [0, 0.05) is 25.8 Å². The maximum atomic E-state index is 12.4. The molecule has 2 aliphatic heterocycles. The summed E-state index contributed by atoms with van der Waals surface area (Å²) in [4.78, 5) is 23.0. The number of nitrogens with one attached hydrogen (secondary N) is 1. The number of morpholine rings is 1. The number of anilines is 1. The molecule has 25 heavy (non-hydrogen) atoms. The van der Waals surface area contributed by atoms with Gasteiger partial charge in [0.2, 0.25) is 12.7 Å². The van der Waals surface area contributed by atoms with E-state index in [1.807, 2.05) is 23.1 Å². The number of carbonyl (C=O) groups is 1. The molecule has 0 radical (unpaired) electrons. The molecule has 1 N–H and O–H groups in total. The fourth-order valence-electron chi connectivity index (χ4n) is 2.71. The molecule has 8 heteroatoms. The summed E-state index contributed by atoms with van der Waals surface area (Å²) in [6.45, 7) is 3.35. The van der Waals surface area contributed by atoms with Crippen molar-refractivity contribution in [3.63, 3.8) is 0 Å². The van der Waals surface area contributed by atoms with Gasteiger partial charge in [-0.25, -0.2) is 9.97 Å². The van der Waals surface area contributed by atoms with Gasteiger partial charge in [-0.2, -0.15) is 0 Å². The Morgan fingerprint density at radius 3 is 2.88 bits per heavy atom. The normalized spacial score (nSPS) is 15.9. The zero-order chi connectivity index (χ0) is 17.1. The second-order valence-corrected chi connectivity index (χ2v) is 5.71. The number of benzene rings is 1. The van der Waals surface area contributed by atoms with Crippen LogP contribution in [0.3, 0.4) is 0 Å². The molecule has 1 amide bonds. The summed E-state index contributed by atoms with van der Waals surface area (Å²) in [5, 5.41) is 2.87. The first-order chi connectivity index (χ1) is 12.3. The van der Waals surface area contributed by atoms with Gasteiger partial charge in [-0.1, -0.05) is 6.07 Å². The molecule has 0 spiro atoms. The molecule has 0 unspecified atom stereocenters. The van der Waals surface area contributed by atoms with Crippen LogP contribution in [0.1, 0.15) is 16.1 Å². The summed E-state index contributed by atoms with van der Waals surface area (Å²) in [6.07, 6.45) is 1.60. The van der Waals surface area contributed by atoms with E-state index in [0.29, 0.717) is 37.2 Å². The maximum absolute atomic E-state index is 12.4. The van der Waals surface area contributed by atoms with Crippen molar-refractivity contribution in [1.82, 2.24) is 15.3 Å². The third kappa shape index (κ3) is 3.48.